The molecule has 0 N–H and O–H groups in total. The highest BCUT2D eigenvalue weighted by Crippen LogP contribution is 2.29. The first-order chi connectivity index (χ1) is 15.1. The quantitative estimate of drug-likeness (QED) is 0.290. The Balaban J connectivity index is 2.49. The second-order valence-electron chi connectivity index (χ2n) is 4.00. The van der Waals surface area contributed by atoms with Gasteiger partial charge in [-0.15, -0.1) is 0 Å². The zero-order valence-electron chi connectivity index (χ0n) is 23.5. The smallest absolute Gasteiger partial charge is 0.0616 e. The lowest BCUT2D eigenvalue weighted by molar-refractivity contribution is 1.51. The van der Waals surface area contributed by atoms with Gasteiger partial charge >= 0.3 is 0 Å². The van der Waals surface area contributed by atoms with Gasteiger partial charge in [0.05, 0.1) is 15.1 Å². The predicted molar refractivity (Wildman–Crippen MR) is 83.7 cm³/mol. The summed E-state index contributed by atoms with van der Waals surface area (Å²) in [7, 11) is 0. The lowest BCUT2D eigenvalue weighted by Crippen LogP contribution is -1.80. The van der Waals surface area contributed by atoms with Crippen molar-refractivity contribution >= 4 is 32.3 Å². The summed E-state index contributed by atoms with van der Waals surface area (Å²) in [6, 6.07) is -7.20. The van der Waals surface area contributed by atoms with Crippen LogP contribution >= 0.6 is 0 Å². The van der Waals surface area contributed by atoms with Crippen LogP contribution in [0.5, 0.6) is 0 Å². The minimum atomic E-state index is -2.95. The van der Waals surface area contributed by atoms with Gasteiger partial charge in [0.25, 0.3) is 0 Å². The highest BCUT2D eigenvalue weighted by atomic mass is 14.1. The fourth-order valence-corrected chi connectivity index (χ4v) is 1.97. The molecule has 0 saturated carbocycles. The molecule has 0 aromatic heterocycles. The van der Waals surface area contributed by atoms with Gasteiger partial charge in [0.2, 0.25) is 0 Å². The van der Waals surface area contributed by atoms with Gasteiger partial charge in [-0.05, 0) is 51.3 Å². The summed E-state index contributed by atoms with van der Waals surface area (Å²) in [5, 5.41) is -2.10. The van der Waals surface area contributed by atoms with E-state index in [1.165, 1.54) is 0 Å². The van der Waals surface area contributed by atoms with E-state index in [1.54, 1.807) is 0 Å². The summed E-state index contributed by atoms with van der Waals surface area (Å²) >= 11 is 0. The van der Waals surface area contributed by atoms with Crippen LogP contribution in [0.3, 0.4) is 0 Å². The molecule has 4 aromatic carbocycles. The topological polar surface area (TPSA) is 0 Å². The van der Waals surface area contributed by atoms with E-state index in [4.69, 9.17) is 19.2 Å². The van der Waals surface area contributed by atoms with Crippen LogP contribution in [0, 0.1) is 6.85 Å². The molecule has 0 bridgehead atoms. The van der Waals surface area contributed by atoms with Crippen molar-refractivity contribution in [3.05, 3.63) is 72.0 Å². The molecule has 0 radical (unpaired) electrons. The van der Waals surface area contributed by atoms with Crippen molar-refractivity contribution in [3.63, 3.8) is 0 Å². The van der Waals surface area contributed by atoms with Crippen molar-refractivity contribution in [1.29, 1.82) is 0 Å². The third kappa shape index (κ3) is 1.61. The Morgan fingerprint density at radius 3 is 2.47 bits per heavy atom. The molecule has 19 heavy (non-hydrogen) atoms. The summed E-state index contributed by atoms with van der Waals surface area (Å²) in [6.07, 6.45) is 0. The van der Waals surface area contributed by atoms with E-state index in [9.17, 15) is 0 Å². The Labute approximate surface area is 132 Å². The molecule has 0 saturated heterocycles. The van der Waals surface area contributed by atoms with Gasteiger partial charge in [-0.1, -0.05) is 59.9 Å². The summed E-state index contributed by atoms with van der Waals surface area (Å²) in [5.41, 5.74) is -0.771. The maximum Gasteiger partial charge on any atom is 0.0636 e. The first kappa shape index (κ1) is 3.61. The van der Waals surface area contributed by atoms with Crippen molar-refractivity contribution < 1.29 is 19.2 Å². The number of fused-ring (bicyclic) bond motifs is 4. The van der Waals surface area contributed by atoms with Gasteiger partial charge in [-0.2, -0.15) is 0 Å². The minimum Gasteiger partial charge on any atom is -0.0616 e. The van der Waals surface area contributed by atoms with E-state index in [1.807, 2.05) is 0 Å². The van der Waals surface area contributed by atoms with Gasteiger partial charge in [-0.3, -0.25) is 0 Å². The van der Waals surface area contributed by atoms with Crippen LogP contribution in [0.15, 0.2) is 66.5 Å². The Hall–Kier alpha value is -2.34. The number of hydrogen-bond acceptors (Lipinski definition) is 0. The standard InChI is InChI=1S/C19H14/c1-13-6-7-15-12-19-16(11-17(15)10-13)9-8-14-4-2-3-5-18(14)19/h2-12H,1H3/i1D3,2D,3D,4D,5D,6D,7D,8D,9D,10D,11D,12D. The van der Waals surface area contributed by atoms with Crippen LogP contribution < -0.4 is 0 Å². The van der Waals surface area contributed by atoms with Gasteiger partial charge < -0.3 is 0 Å². The lowest BCUT2D eigenvalue weighted by Gasteiger charge is -2.07. The van der Waals surface area contributed by atoms with Crippen molar-refractivity contribution in [3.8, 4) is 0 Å². The molecule has 0 aliphatic carbocycles. The van der Waals surface area contributed by atoms with Crippen LogP contribution in [0.25, 0.3) is 32.3 Å². The molecule has 0 aliphatic rings. The summed E-state index contributed by atoms with van der Waals surface area (Å²) < 4.78 is 114. The van der Waals surface area contributed by atoms with Crippen LogP contribution in [-0.4, -0.2) is 0 Å². The fourth-order valence-electron chi connectivity index (χ4n) is 1.97. The average molecular weight is 256 g/mol. The summed E-state index contributed by atoms with van der Waals surface area (Å²) in [6.45, 7) is -2.95. The summed E-state index contributed by atoms with van der Waals surface area (Å²) in [5.74, 6) is 0. The fraction of sp³-hybridized carbons (Fsp3) is 0.0526. The van der Waals surface area contributed by atoms with Gasteiger partial charge in [-0.25, -0.2) is 0 Å². The van der Waals surface area contributed by atoms with Crippen molar-refractivity contribution in [2.45, 2.75) is 6.85 Å². The number of benzene rings is 4. The second kappa shape index (κ2) is 3.83. The average Bonchev–Trinajstić information content (AvgIpc) is 2.72. The van der Waals surface area contributed by atoms with Gasteiger partial charge in [0.1, 0.15) is 0 Å². The van der Waals surface area contributed by atoms with E-state index >= 15 is 0 Å². The highest BCUT2D eigenvalue weighted by molar-refractivity contribution is 6.12. The molecule has 90 valence electrons. The first-order valence-electron chi connectivity index (χ1n) is 12.5. The second-order valence-corrected chi connectivity index (χ2v) is 4.00. The molecule has 0 atom stereocenters. The van der Waals surface area contributed by atoms with Crippen molar-refractivity contribution in [2.75, 3.05) is 0 Å². The van der Waals surface area contributed by atoms with Crippen LogP contribution in [0.1, 0.15) is 24.8 Å². The predicted octanol–water partition coefficient (Wildman–Crippen LogP) is 5.45. The van der Waals surface area contributed by atoms with E-state index < -0.39 is 89.7 Å². The zero-order valence-corrected chi connectivity index (χ0v) is 9.50. The molecule has 4 aromatic rings. The maximum absolute atomic E-state index is 8.72. The molecule has 0 unspecified atom stereocenters. The van der Waals surface area contributed by atoms with Gasteiger partial charge in [0, 0.05) is 4.11 Å². The normalized spacial score (nSPS) is 22.5. The van der Waals surface area contributed by atoms with Crippen LogP contribution in [0.2, 0.25) is 0 Å². The first-order valence-corrected chi connectivity index (χ1v) is 5.50. The molecule has 4 rings (SSSR count). The van der Waals surface area contributed by atoms with Crippen molar-refractivity contribution in [1.82, 2.24) is 0 Å². The van der Waals surface area contributed by atoms with Crippen LogP contribution in [-0.2, 0) is 0 Å². The number of rotatable bonds is 0. The highest BCUT2D eigenvalue weighted by Gasteiger charge is 2.02. The van der Waals surface area contributed by atoms with Gasteiger partial charge in [0.15, 0.2) is 0 Å². The molecule has 0 fully saturated rings. The van der Waals surface area contributed by atoms with E-state index in [0.29, 0.717) is 0 Å². The molecular weight excluding hydrogens is 228 g/mol. The molecule has 0 spiro atoms. The minimum absolute atomic E-state index is 0.283. The Bertz CT molecular complexity index is 1550. The molecule has 0 nitrogen and oxygen atoms in total. The maximum atomic E-state index is 8.72. The van der Waals surface area contributed by atoms with Crippen LogP contribution in [0.4, 0.5) is 0 Å². The van der Waals surface area contributed by atoms with E-state index in [0.717, 1.165) is 0 Å². The Kier molecular flexibility index (Phi) is 0.726. The van der Waals surface area contributed by atoms with Crippen molar-refractivity contribution in [2.24, 2.45) is 0 Å². The summed E-state index contributed by atoms with van der Waals surface area (Å²) in [4.78, 5) is 0. The molecule has 0 aliphatic heterocycles. The van der Waals surface area contributed by atoms with E-state index in [2.05, 4.69) is 0 Å². The van der Waals surface area contributed by atoms with E-state index in [-0.39, 0.29) is 21.5 Å². The monoisotopic (exact) mass is 256 g/mol. The molecular formula is C19H14. The zero-order chi connectivity index (χ0) is 24.9. The third-order valence-corrected chi connectivity index (χ3v) is 2.81. The number of hydrogen-bond donors (Lipinski definition) is 0. The molecule has 0 heteroatoms. The lowest BCUT2D eigenvalue weighted by atomic mass is 9.98. The Morgan fingerprint density at radius 1 is 0.684 bits per heavy atom. The molecule has 0 heterocycles. The molecule has 0 amide bonds. The SMILES string of the molecule is [2H]c1c(C([2H])([2H])[2H])c([2H])c2c([2H])c3c([2H])c([2H])c4c([2H])c([2H])c([2H])c([2H])c4c3c([2H])c2c1[2H]. The third-order valence-electron chi connectivity index (χ3n) is 2.81. The largest absolute Gasteiger partial charge is 0.0636 e. The Morgan fingerprint density at radius 2 is 1.53 bits per heavy atom.